The van der Waals surface area contributed by atoms with E-state index in [9.17, 15) is 12.8 Å². The number of benzene rings is 2. The molecule has 5 nitrogen and oxygen atoms in total. The van der Waals surface area contributed by atoms with Crippen LogP contribution < -0.4 is 4.74 Å². The maximum Gasteiger partial charge on any atom is 0.243 e. The summed E-state index contributed by atoms with van der Waals surface area (Å²) in [4.78, 5) is 4.44. The van der Waals surface area contributed by atoms with Gasteiger partial charge in [-0.15, -0.1) is 0 Å². The predicted molar refractivity (Wildman–Crippen MR) is 95.9 cm³/mol. The van der Waals surface area contributed by atoms with Crippen LogP contribution in [0, 0.1) is 5.82 Å². The lowest BCUT2D eigenvalue weighted by Gasteiger charge is -2.18. The lowest BCUT2D eigenvalue weighted by Crippen LogP contribution is -2.31. The Morgan fingerprint density at radius 3 is 2.65 bits per heavy atom. The molecule has 134 valence electrons. The number of rotatable bonds is 4. The second-order valence-corrected chi connectivity index (χ2v) is 8.11. The minimum atomic E-state index is -3.65. The van der Waals surface area contributed by atoms with Crippen LogP contribution in [0.15, 0.2) is 65.7 Å². The van der Waals surface area contributed by atoms with Crippen LogP contribution in [0.2, 0.25) is 0 Å². The van der Waals surface area contributed by atoms with E-state index < -0.39 is 15.8 Å². The van der Waals surface area contributed by atoms with E-state index in [0.29, 0.717) is 18.7 Å². The van der Waals surface area contributed by atoms with Gasteiger partial charge >= 0.3 is 0 Å². The van der Waals surface area contributed by atoms with E-state index in [1.165, 1.54) is 16.4 Å². The van der Waals surface area contributed by atoms with E-state index in [1.54, 1.807) is 6.20 Å². The molecule has 3 aromatic rings. The van der Waals surface area contributed by atoms with Crippen LogP contribution in [-0.2, 0) is 10.0 Å². The SMILES string of the molecule is O=S(=O)(c1ccc(F)cc1)N1CCC(Oc2cccc3cccnc23)C1. The molecule has 7 heteroatoms. The first-order valence-corrected chi connectivity index (χ1v) is 9.74. The highest BCUT2D eigenvalue weighted by atomic mass is 32.2. The molecule has 0 radical (unpaired) electrons. The molecule has 1 saturated heterocycles. The molecule has 4 rings (SSSR count). The van der Waals surface area contributed by atoms with Crippen molar-refractivity contribution in [2.24, 2.45) is 0 Å². The van der Waals surface area contributed by atoms with Gasteiger partial charge in [-0.05, 0) is 42.8 Å². The highest BCUT2D eigenvalue weighted by molar-refractivity contribution is 7.89. The zero-order valence-electron chi connectivity index (χ0n) is 13.9. The van der Waals surface area contributed by atoms with E-state index in [0.717, 1.165) is 23.0 Å². The van der Waals surface area contributed by atoms with Crippen LogP contribution in [0.3, 0.4) is 0 Å². The van der Waals surface area contributed by atoms with Crippen molar-refractivity contribution in [3.8, 4) is 5.75 Å². The Balaban J connectivity index is 1.52. The molecule has 2 heterocycles. The molecule has 1 aromatic heterocycles. The van der Waals surface area contributed by atoms with Crippen LogP contribution in [0.25, 0.3) is 10.9 Å². The number of para-hydroxylation sites is 1. The maximum atomic E-state index is 13.0. The minimum absolute atomic E-state index is 0.0892. The number of sulfonamides is 1. The second kappa shape index (κ2) is 6.66. The molecule has 1 aliphatic heterocycles. The van der Waals surface area contributed by atoms with Crippen molar-refractivity contribution in [3.63, 3.8) is 0 Å². The van der Waals surface area contributed by atoms with Crippen molar-refractivity contribution in [1.29, 1.82) is 0 Å². The maximum absolute atomic E-state index is 13.0. The lowest BCUT2D eigenvalue weighted by molar-refractivity contribution is 0.218. The fourth-order valence-corrected chi connectivity index (χ4v) is 4.61. The molecule has 1 aliphatic rings. The summed E-state index contributed by atoms with van der Waals surface area (Å²) >= 11 is 0. The van der Waals surface area contributed by atoms with Crippen molar-refractivity contribution < 1.29 is 17.5 Å². The number of fused-ring (bicyclic) bond motifs is 1. The van der Waals surface area contributed by atoms with Gasteiger partial charge in [-0.25, -0.2) is 12.8 Å². The molecule has 0 aliphatic carbocycles. The quantitative estimate of drug-likeness (QED) is 0.706. The number of hydrogen-bond acceptors (Lipinski definition) is 4. The average Bonchev–Trinajstić information content (AvgIpc) is 3.12. The lowest BCUT2D eigenvalue weighted by atomic mass is 10.2. The standard InChI is InChI=1S/C19H17FN2O3S/c20-15-6-8-17(9-7-15)26(23,24)22-12-10-16(13-22)25-18-5-1-3-14-4-2-11-21-19(14)18/h1-9,11,16H,10,12-13H2. The first kappa shape index (κ1) is 16.9. The van der Waals surface area contributed by atoms with Crippen molar-refractivity contribution in [1.82, 2.24) is 9.29 Å². The average molecular weight is 372 g/mol. The zero-order chi connectivity index (χ0) is 18.1. The molecule has 2 aromatic carbocycles. The van der Waals surface area contributed by atoms with Crippen LogP contribution in [0.5, 0.6) is 5.75 Å². The molecule has 0 amide bonds. The molecule has 0 saturated carbocycles. The first-order chi connectivity index (χ1) is 12.5. The molecule has 1 fully saturated rings. The van der Waals surface area contributed by atoms with Crippen LogP contribution in [-0.4, -0.2) is 36.9 Å². The van der Waals surface area contributed by atoms with Gasteiger partial charge < -0.3 is 4.74 Å². The number of ether oxygens (including phenoxy) is 1. The molecule has 0 bridgehead atoms. The van der Waals surface area contributed by atoms with Gasteiger partial charge in [0.1, 0.15) is 23.2 Å². The summed E-state index contributed by atoms with van der Waals surface area (Å²) in [5, 5.41) is 0.971. The smallest absolute Gasteiger partial charge is 0.243 e. The summed E-state index contributed by atoms with van der Waals surface area (Å²) in [7, 11) is -3.65. The Morgan fingerprint density at radius 2 is 1.85 bits per heavy atom. The highest BCUT2D eigenvalue weighted by Gasteiger charge is 2.33. The number of pyridine rings is 1. The summed E-state index contributed by atoms with van der Waals surface area (Å²) in [5.74, 6) is 0.184. The van der Waals surface area contributed by atoms with Gasteiger partial charge in [-0.3, -0.25) is 4.98 Å². The summed E-state index contributed by atoms with van der Waals surface area (Å²) in [5.41, 5.74) is 0.759. The fourth-order valence-electron chi connectivity index (χ4n) is 3.12. The number of nitrogens with zero attached hydrogens (tertiary/aromatic N) is 2. The molecule has 1 unspecified atom stereocenters. The summed E-state index contributed by atoms with van der Waals surface area (Å²) < 4.78 is 45.9. The topological polar surface area (TPSA) is 59.5 Å². The Morgan fingerprint density at radius 1 is 1.08 bits per heavy atom. The minimum Gasteiger partial charge on any atom is -0.487 e. The number of aromatic nitrogens is 1. The monoisotopic (exact) mass is 372 g/mol. The van der Waals surface area contributed by atoms with Gasteiger partial charge in [0, 0.05) is 18.1 Å². The summed E-state index contributed by atoms with van der Waals surface area (Å²) in [6.07, 6.45) is 2.04. The largest absolute Gasteiger partial charge is 0.487 e. The van der Waals surface area contributed by atoms with Crippen LogP contribution in [0.1, 0.15) is 6.42 Å². The third-order valence-electron chi connectivity index (χ3n) is 4.45. The Labute approximate surface area is 151 Å². The molecule has 26 heavy (non-hydrogen) atoms. The van der Waals surface area contributed by atoms with Gasteiger partial charge in [-0.2, -0.15) is 4.31 Å². The second-order valence-electron chi connectivity index (χ2n) is 6.18. The van der Waals surface area contributed by atoms with Crippen molar-refractivity contribution in [3.05, 3.63) is 66.6 Å². The summed E-state index contributed by atoms with van der Waals surface area (Å²) in [6, 6.07) is 14.4. The van der Waals surface area contributed by atoms with Gasteiger partial charge in [-0.1, -0.05) is 18.2 Å². The van der Waals surface area contributed by atoms with E-state index in [2.05, 4.69) is 4.98 Å². The van der Waals surface area contributed by atoms with Crippen molar-refractivity contribution in [2.45, 2.75) is 17.4 Å². The number of halogens is 1. The Hall–Kier alpha value is -2.51. The molecular formula is C19H17FN2O3S. The highest BCUT2D eigenvalue weighted by Crippen LogP contribution is 2.28. The van der Waals surface area contributed by atoms with E-state index in [4.69, 9.17) is 4.74 Å². The molecule has 0 N–H and O–H groups in total. The Kier molecular flexibility index (Phi) is 4.34. The normalized spacial score (nSPS) is 18.3. The molecule has 0 spiro atoms. The van der Waals surface area contributed by atoms with Gasteiger partial charge in [0.05, 0.1) is 11.4 Å². The Bertz CT molecular complexity index is 1030. The van der Waals surface area contributed by atoms with E-state index in [1.807, 2.05) is 30.3 Å². The van der Waals surface area contributed by atoms with E-state index in [-0.39, 0.29) is 17.5 Å². The molecule has 1 atom stereocenters. The summed E-state index contributed by atoms with van der Waals surface area (Å²) in [6.45, 7) is 0.617. The van der Waals surface area contributed by atoms with Gasteiger partial charge in [0.2, 0.25) is 10.0 Å². The number of hydrogen-bond donors (Lipinski definition) is 0. The third kappa shape index (κ3) is 3.15. The van der Waals surface area contributed by atoms with E-state index >= 15 is 0 Å². The predicted octanol–water partition coefficient (Wildman–Crippen LogP) is 3.22. The first-order valence-electron chi connectivity index (χ1n) is 8.30. The van der Waals surface area contributed by atoms with Crippen LogP contribution in [0.4, 0.5) is 4.39 Å². The molecular weight excluding hydrogens is 355 g/mol. The van der Waals surface area contributed by atoms with Crippen molar-refractivity contribution >= 4 is 20.9 Å². The van der Waals surface area contributed by atoms with Crippen molar-refractivity contribution in [2.75, 3.05) is 13.1 Å². The van der Waals surface area contributed by atoms with Gasteiger partial charge in [0.25, 0.3) is 0 Å². The van der Waals surface area contributed by atoms with Crippen LogP contribution >= 0.6 is 0 Å². The van der Waals surface area contributed by atoms with Gasteiger partial charge in [0.15, 0.2) is 0 Å². The fraction of sp³-hybridized carbons (Fsp3) is 0.211. The third-order valence-corrected chi connectivity index (χ3v) is 6.33. The zero-order valence-corrected chi connectivity index (χ0v) is 14.7.